The average Bonchev–Trinajstić information content (AvgIpc) is 2.66. The number of hydrogen-bond acceptors (Lipinski definition) is 1. The molecule has 84 valence electrons. The summed E-state index contributed by atoms with van der Waals surface area (Å²) in [6.07, 6.45) is 7.05. The second kappa shape index (κ2) is 3.88. The molecule has 1 atom stereocenters. The normalized spacial score (nSPS) is 20.0. The molecule has 0 saturated heterocycles. The number of fused-ring (bicyclic) bond motifs is 3. The Kier molecular flexibility index (Phi) is 2.51. The average molecular weight is 279 g/mol. The topological polar surface area (TPSA) is 17.3 Å². The van der Waals surface area contributed by atoms with Crippen LogP contribution in [-0.4, -0.2) is 9.38 Å². The van der Waals surface area contributed by atoms with E-state index >= 15 is 0 Å². The largest absolute Gasteiger partial charge is 0.303 e. The van der Waals surface area contributed by atoms with E-state index in [1.807, 2.05) is 0 Å². The van der Waals surface area contributed by atoms with Gasteiger partial charge in [0, 0.05) is 16.4 Å². The molecule has 3 heteroatoms. The molecule has 3 rings (SSSR count). The van der Waals surface area contributed by atoms with Crippen molar-refractivity contribution in [1.82, 2.24) is 9.38 Å². The van der Waals surface area contributed by atoms with E-state index in [9.17, 15) is 0 Å². The third-order valence-corrected chi connectivity index (χ3v) is 4.08. The van der Waals surface area contributed by atoms with Crippen LogP contribution in [0.1, 0.15) is 31.2 Å². The molecule has 1 aliphatic carbocycles. The molecule has 1 aliphatic rings. The molecule has 0 bridgehead atoms. The fourth-order valence-electron chi connectivity index (χ4n) is 2.60. The molecule has 0 aliphatic heterocycles. The number of hydrogen-bond donors (Lipinski definition) is 0. The van der Waals surface area contributed by atoms with Gasteiger partial charge in [-0.1, -0.05) is 13.3 Å². The van der Waals surface area contributed by atoms with Crippen molar-refractivity contribution in [2.75, 3.05) is 0 Å². The fourth-order valence-corrected chi connectivity index (χ4v) is 2.93. The van der Waals surface area contributed by atoms with Gasteiger partial charge in [-0.3, -0.25) is 0 Å². The second-order valence-corrected chi connectivity index (χ2v) is 5.51. The lowest BCUT2D eigenvalue weighted by molar-refractivity contribution is 0.435. The lowest BCUT2D eigenvalue weighted by atomic mass is 9.88. The van der Waals surface area contributed by atoms with Gasteiger partial charge in [-0.15, -0.1) is 0 Å². The summed E-state index contributed by atoms with van der Waals surface area (Å²) in [4.78, 5) is 4.71. The molecule has 0 spiro atoms. The van der Waals surface area contributed by atoms with Gasteiger partial charge in [0.2, 0.25) is 0 Å². The lowest BCUT2D eigenvalue weighted by Gasteiger charge is -2.20. The predicted octanol–water partition coefficient (Wildman–Crippen LogP) is 3.61. The number of halogens is 1. The maximum Gasteiger partial charge on any atom is 0.137 e. The van der Waals surface area contributed by atoms with Gasteiger partial charge in [0.1, 0.15) is 5.65 Å². The predicted molar refractivity (Wildman–Crippen MR) is 68.7 cm³/mol. The quantitative estimate of drug-likeness (QED) is 0.779. The summed E-state index contributed by atoms with van der Waals surface area (Å²) < 4.78 is 3.38. The summed E-state index contributed by atoms with van der Waals surface area (Å²) in [5.41, 5.74) is 3.82. The number of rotatable bonds is 1. The zero-order chi connectivity index (χ0) is 11.1. The highest BCUT2D eigenvalue weighted by Gasteiger charge is 2.21. The van der Waals surface area contributed by atoms with Gasteiger partial charge in [-0.25, -0.2) is 4.98 Å². The van der Waals surface area contributed by atoms with Crippen molar-refractivity contribution in [2.45, 2.75) is 32.6 Å². The lowest BCUT2D eigenvalue weighted by Crippen LogP contribution is -2.14. The molecule has 0 saturated carbocycles. The molecule has 2 heterocycles. The van der Waals surface area contributed by atoms with Crippen molar-refractivity contribution in [2.24, 2.45) is 5.92 Å². The maximum atomic E-state index is 4.71. The highest BCUT2D eigenvalue weighted by atomic mass is 79.9. The summed E-state index contributed by atoms with van der Waals surface area (Å²) in [6.45, 7) is 2.29. The van der Waals surface area contributed by atoms with E-state index in [0.29, 0.717) is 0 Å². The smallest absolute Gasteiger partial charge is 0.137 e. The molecule has 0 fully saturated rings. The number of nitrogens with zero attached hydrogens (tertiary/aromatic N) is 2. The first-order chi connectivity index (χ1) is 7.78. The van der Waals surface area contributed by atoms with Crippen molar-refractivity contribution in [3.05, 3.63) is 34.2 Å². The SMILES string of the molecule is CCC1CCc2nc3ccc(Br)cn3c2C1. The number of aryl methyl sites for hydroxylation is 1. The molecule has 0 N–H and O–H groups in total. The molecule has 1 unspecified atom stereocenters. The molecule has 0 amide bonds. The third kappa shape index (κ3) is 1.58. The van der Waals surface area contributed by atoms with Crippen LogP contribution >= 0.6 is 15.9 Å². The Hall–Kier alpha value is -0.830. The minimum absolute atomic E-state index is 0.839. The van der Waals surface area contributed by atoms with Crippen LogP contribution in [-0.2, 0) is 12.8 Å². The van der Waals surface area contributed by atoms with Crippen LogP contribution in [0.15, 0.2) is 22.8 Å². The first-order valence-corrected chi connectivity index (χ1v) is 6.72. The van der Waals surface area contributed by atoms with Crippen LogP contribution in [0.5, 0.6) is 0 Å². The van der Waals surface area contributed by atoms with Gasteiger partial charge in [0.15, 0.2) is 0 Å². The standard InChI is InChI=1S/C13H15BrN2/c1-2-9-3-5-11-12(7-9)16-8-10(14)4-6-13(16)15-11/h4,6,8-9H,2-3,5,7H2,1H3. The summed E-state index contributed by atoms with van der Waals surface area (Å²) in [5, 5.41) is 0. The van der Waals surface area contributed by atoms with E-state index in [1.165, 1.54) is 30.7 Å². The minimum Gasteiger partial charge on any atom is -0.303 e. The van der Waals surface area contributed by atoms with E-state index in [1.54, 1.807) is 0 Å². The Balaban J connectivity index is 2.15. The van der Waals surface area contributed by atoms with E-state index in [-0.39, 0.29) is 0 Å². The Morgan fingerprint density at radius 2 is 2.38 bits per heavy atom. The van der Waals surface area contributed by atoms with Crippen molar-refractivity contribution in [3.8, 4) is 0 Å². The van der Waals surface area contributed by atoms with E-state index in [2.05, 4.69) is 45.6 Å². The van der Waals surface area contributed by atoms with Gasteiger partial charge in [-0.05, 0) is 53.2 Å². The monoisotopic (exact) mass is 278 g/mol. The van der Waals surface area contributed by atoms with E-state index < -0.39 is 0 Å². The van der Waals surface area contributed by atoms with Crippen LogP contribution in [0.4, 0.5) is 0 Å². The van der Waals surface area contributed by atoms with Crippen LogP contribution < -0.4 is 0 Å². The number of imidazole rings is 1. The highest BCUT2D eigenvalue weighted by molar-refractivity contribution is 9.10. The molecule has 2 nitrogen and oxygen atoms in total. The number of aromatic nitrogens is 2. The van der Waals surface area contributed by atoms with E-state index in [0.717, 1.165) is 22.5 Å². The van der Waals surface area contributed by atoms with Gasteiger partial charge >= 0.3 is 0 Å². The molecular formula is C13H15BrN2. The molecule has 0 radical (unpaired) electrons. The molecule has 0 aromatic carbocycles. The molecular weight excluding hydrogens is 264 g/mol. The summed E-state index contributed by atoms with van der Waals surface area (Å²) in [7, 11) is 0. The minimum atomic E-state index is 0.839. The zero-order valence-corrected chi connectivity index (χ0v) is 11.0. The molecule has 2 aromatic rings. The Morgan fingerprint density at radius 1 is 1.50 bits per heavy atom. The van der Waals surface area contributed by atoms with Crippen molar-refractivity contribution >= 4 is 21.6 Å². The first kappa shape index (κ1) is 10.3. The second-order valence-electron chi connectivity index (χ2n) is 4.60. The van der Waals surface area contributed by atoms with Gasteiger partial charge in [0.25, 0.3) is 0 Å². The number of pyridine rings is 1. The summed E-state index contributed by atoms with van der Waals surface area (Å²) >= 11 is 3.53. The van der Waals surface area contributed by atoms with Crippen LogP contribution in [0, 0.1) is 5.92 Å². The maximum absolute atomic E-state index is 4.71. The van der Waals surface area contributed by atoms with Crippen LogP contribution in [0.2, 0.25) is 0 Å². The van der Waals surface area contributed by atoms with Crippen molar-refractivity contribution in [1.29, 1.82) is 0 Å². The molecule has 16 heavy (non-hydrogen) atoms. The zero-order valence-electron chi connectivity index (χ0n) is 9.41. The van der Waals surface area contributed by atoms with Gasteiger partial charge < -0.3 is 4.40 Å². The first-order valence-electron chi connectivity index (χ1n) is 5.93. The van der Waals surface area contributed by atoms with Crippen LogP contribution in [0.3, 0.4) is 0 Å². The fraction of sp³-hybridized carbons (Fsp3) is 0.462. The van der Waals surface area contributed by atoms with Crippen molar-refractivity contribution < 1.29 is 0 Å². The van der Waals surface area contributed by atoms with E-state index in [4.69, 9.17) is 4.98 Å². The third-order valence-electron chi connectivity index (χ3n) is 3.61. The molecule has 2 aromatic heterocycles. The van der Waals surface area contributed by atoms with Crippen LogP contribution in [0.25, 0.3) is 5.65 Å². The summed E-state index contributed by atoms with van der Waals surface area (Å²) in [6, 6.07) is 4.15. The highest BCUT2D eigenvalue weighted by Crippen LogP contribution is 2.28. The summed E-state index contributed by atoms with van der Waals surface area (Å²) in [5.74, 6) is 0.839. The van der Waals surface area contributed by atoms with Crippen molar-refractivity contribution in [3.63, 3.8) is 0 Å². The Morgan fingerprint density at radius 3 is 3.19 bits per heavy atom. The Bertz CT molecular complexity index is 530. The van der Waals surface area contributed by atoms with Gasteiger partial charge in [0.05, 0.1) is 5.69 Å². The van der Waals surface area contributed by atoms with Gasteiger partial charge in [-0.2, -0.15) is 0 Å². The Labute approximate surface area is 104 Å².